The van der Waals surface area contributed by atoms with E-state index < -0.39 is 0 Å². The lowest BCUT2D eigenvalue weighted by Gasteiger charge is -2.11. The minimum Gasteiger partial charge on any atom is -0.494 e. The van der Waals surface area contributed by atoms with Crippen LogP contribution in [0.15, 0.2) is 79.1 Å². The van der Waals surface area contributed by atoms with Gasteiger partial charge in [-0.1, -0.05) is 18.2 Å². The highest BCUT2D eigenvalue weighted by Gasteiger charge is 2.14. The molecule has 4 aromatic rings. The van der Waals surface area contributed by atoms with Gasteiger partial charge in [0, 0.05) is 17.1 Å². The Morgan fingerprint density at radius 2 is 1.86 bits per heavy atom. The zero-order valence-corrected chi connectivity index (χ0v) is 15.4. The predicted molar refractivity (Wildman–Crippen MR) is 111 cm³/mol. The average molecular weight is 369 g/mol. The largest absolute Gasteiger partial charge is 0.494 e. The van der Waals surface area contributed by atoms with E-state index >= 15 is 0 Å². The Morgan fingerprint density at radius 3 is 2.61 bits per heavy atom. The van der Waals surface area contributed by atoms with Gasteiger partial charge in [0.2, 0.25) is 0 Å². The normalized spacial score (nSPS) is 10.6. The number of benzene rings is 2. The highest BCUT2D eigenvalue weighted by atomic mass is 16.5. The highest BCUT2D eigenvalue weighted by molar-refractivity contribution is 6.13. The van der Waals surface area contributed by atoms with Gasteiger partial charge in [-0.05, 0) is 55.5 Å². The fourth-order valence-electron chi connectivity index (χ4n) is 3.03. The first kappa shape index (κ1) is 17.7. The van der Waals surface area contributed by atoms with Crippen molar-refractivity contribution in [3.8, 4) is 17.0 Å². The van der Waals surface area contributed by atoms with Crippen LogP contribution in [0.25, 0.3) is 22.2 Å². The number of fused-ring (bicyclic) bond motifs is 1. The molecule has 0 spiro atoms. The molecule has 138 valence electrons. The zero-order valence-electron chi connectivity index (χ0n) is 15.4. The van der Waals surface area contributed by atoms with E-state index in [1.807, 2.05) is 67.6 Å². The molecule has 1 amide bonds. The van der Waals surface area contributed by atoms with Gasteiger partial charge >= 0.3 is 0 Å². The van der Waals surface area contributed by atoms with Gasteiger partial charge in [0.25, 0.3) is 5.91 Å². The summed E-state index contributed by atoms with van der Waals surface area (Å²) in [4.78, 5) is 21.7. The lowest BCUT2D eigenvalue weighted by atomic mass is 10.0. The Hall–Kier alpha value is -3.73. The Balaban J connectivity index is 1.76. The first-order valence-electron chi connectivity index (χ1n) is 9.09. The molecular weight excluding hydrogens is 350 g/mol. The van der Waals surface area contributed by atoms with Gasteiger partial charge in [-0.3, -0.25) is 9.78 Å². The van der Waals surface area contributed by atoms with Gasteiger partial charge < -0.3 is 10.1 Å². The summed E-state index contributed by atoms with van der Waals surface area (Å²) in [6, 6.07) is 20.8. The molecule has 0 saturated heterocycles. The van der Waals surface area contributed by atoms with Crippen molar-refractivity contribution in [3.63, 3.8) is 0 Å². The number of nitrogens with one attached hydrogen (secondary N) is 1. The van der Waals surface area contributed by atoms with Crippen LogP contribution in [0, 0.1) is 0 Å². The smallest absolute Gasteiger partial charge is 0.256 e. The number of carbonyl (C=O) groups excluding carboxylic acids is 1. The molecule has 0 atom stereocenters. The Morgan fingerprint density at radius 1 is 1.04 bits per heavy atom. The lowest BCUT2D eigenvalue weighted by molar-refractivity contribution is 0.102. The van der Waals surface area contributed by atoms with E-state index in [4.69, 9.17) is 9.72 Å². The third-order valence-electron chi connectivity index (χ3n) is 4.34. The molecule has 5 heteroatoms. The number of aromatic nitrogens is 2. The lowest BCUT2D eigenvalue weighted by Crippen LogP contribution is -2.13. The third kappa shape index (κ3) is 3.69. The van der Waals surface area contributed by atoms with E-state index in [0.29, 0.717) is 17.9 Å². The van der Waals surface area contributed by atoms with E-state index in [0.717, 1.165) is 27.9 Å². The second-order valence-corrected chi connectivity index (χ2v) is 6.23. The second-order valence-electron chi connectivity index (χ2n) is 6.23. The summed E-state index contributed by atoms with van der Waals surface area (Å²) in [5.41, 5.74) is 3.64. The summed E-state index contributed by atoms with van der Waals surface area (Å²) in [6.07, 6.45) is 3.29. The molecular formula is C23H19N3O2. The topological polar surface area (TPSA) is 64.1 Å². The summed E-state index contributed by atoms with van der Waals surface area (Å²) >= 11 is 0. The van der Waals surface area contributed by atoms with Gasteiger partial charge in [-0.25, -0.2) is 4.98 Å². The molecule has 2 heterocycles. The fourth-order valence-corrected chi connectivity index (χ4v) is 3.03. The molecule has 0 saturated carbocycles. The SMILES string of the molecule is CCOc1ccc(-c2cc(C(=O)Nc3cccnc3)c3ccccc3n2)cc1. The van der Waals surface area contributed by atoms with Gasteiger partial charge in [-0.2, -0.15) is 0 Å². The molecule has 2 aromatic heterocycles. The molecule has 0 aliphatic heterocycles. The van der Waals surface area contributed by atoms with E-state index in [1.54, 1.807) is 18.5 Å². The summed E-state index contributed by atoms with van der Waals surface area (Å²) in [5, 5.41) is 3.71. The number of anilines is 1. The monoisotopic (exact) mass is 369 g/mol. The number of ether oxygens (including phenoxy) is 1. The van der Waals surface area contributed by atoms with Crippen LogP contribution in [0.5, 0.6) is 5.75 Å². The summed E-state index contributed by atoms with van der Waals surface area (Å²) < 4.78 is 5.50. The van der Waals surface area contributed by atoms with Crippen LogP contribution in [0.4, 0.5) is 5.69 Å². The van der Waals surface area contributed by atoms with Crippen LogP contribution in [-0.4, -0.2) is 22.5 Å². The molecule has 0 bridgehead atoms. The van der Waals surface area contributed by atoms with Crippen LogP contribution in [0.3, 0.4) is 0 Å². The van der Waals surface area contributed by atoms with Crippen molar-refractivity contribution in [2.24, 2.45) is 0 Å². The number of carbonyl (C=O) groups is 1. The maximum absolute atomic E-state index is 13.0. The van der Waals surface area contributed by atoms with Crippen molar-refractivity contribution in [2.75, 3.05) is 11.9 Å². The van der Waals surface area contributed by atoms with Crippen LogP contribution in [0.2, 0.25) is 0 Å². The first-order valence-corrected chi connectivity index (χ1v) is 9.09. The maximum Gasteiger partial charge on any atom is 0.256 e. The molecule has 0 radical (unpaired) electrons. The summed E-state index contributed by atoms with van der Waals surface area (Å²) in [5.74, 6) is 0.611. The molecule has 0 unspecified atom stereocenters. The average Bonchev–Trinajstić information content (AvgIpc) is 2.74. The summed E-state index contributed by atoms with van der Waals surface area (Å²) in [7, 11) is 0. The molecule has 1 N–H and O–H groups in total. The van der Waals surface area contributed by atoms with Gasteiger partial charge in [0.05, 0.1) is 35.3 Å². The minimum absolute atomic E-state index is 0.196. The molecule has 0 fully saturated rings. The Labute approximate surface area is 163 Å². The standard InChI is InChI=1S/C23H19N3O2/c1-2-28-18-11-9-16(10-12-18)22-14-20(19-7-3-4-8-21(19)26-22)23(27)25-17-6-5-13-24-15-17/h3-15H,2H2,1H3,(H,25,27). The second kappa shape index (κ2) is 7.88. The molecule has 0 aliphatic rings. The minimum atomic E-state index is -0.196. The van der Waals surface area contributed by atoms with Gasteiger partial charge in [-0.15, -0.1) is 0 Å². The van der Waals surface area contributed by atoms with E-state index in [2.05, 4.69) is 10.3 Å². The Kier molecular flexibility index (Phi) is 4.97. The van der Waals surface area contributed by atoms with E-state index in [-0.39, 0.29) is 5.91 Å². The molecule has 0 aliphatic carbocycles. The predicted octanol–water partition coefficient (Wildman–Crippen LogP) is 4.95. The van der Waals surface area contributed by atoms with Crippen LogP contribution in [0.1, 0.15) is 17.3 Å². The first-order chi connectivity index (χ1) is 13.7. The zero-order chi connectivity index (χ0) is 19.3. The fraction of sp³-hybridized carbons (Fsp3) is 0.0870. The van der Waals surface area contributed by atoms with Gasteiger partial charge in [0.15, 0.2) is 0 Å². The quantitative estimate of drug-likeness (QED) is 0.541. The molecule has 2 aromatic carbocycles. The summed E-state index contributed by atoms with van der Waals surface area (Å²) in [6.45, 7) is 2.57. The maximum atomic E-state index is 13.0. The van der Waals surface area contributed by atoms with Crippen LogP contribution in [-0.2, 0) is 0 Å². The number of rotatable bonds is 5. The Bertz CT molecular complexity index is 1110. The number of pyridine rings is 2. The third-order valence-corrected chi connectivity index (χ3v) is 4.34. The van der Waals surface area contributed by atoms with E-state index in [9.17, 15) is 4.79 Å². The molecule has 28 heavy (non-hydrogen) atoms. The number of hydrogen-bond donors (Lipinski definition) is 1. The number of nitrogens with zero attached hydrogens (tertiary/aromatic N) is 2. The van der Waals surface area contributed by atoms with Crippen molar-refractivity contribution < 1.29 is 9.53 Å². The van der Waals surface area contributed by atoms with Crippen LogP contribution < -0.4 is 10.1 Å². The highest BCUT2D eigenvalue weighted by Crippen LogP contribution is 2.27. The van der Waals surface area contributed by atoms with Crippen molar-refractivity contribution in [3.05, 3.63) is 84.7 Å². The van der Waals surface area contributed by atoms with Gasteiger partial charge in [0.1, 0.15) is 5.75 Å². The molecule has 5 nitrogen and oxygen atoms in total. The number of para-hydroxylation sites is 1. The van der Waals surface area contributed by atoms with Crippen LogP contribution >= 0.6 is 0 Å². The number of amides is 1. The van der Waals surface area contributed by atoms with E-state index in [1.165, 1.54) is 0 Å². The van der Waals surface area contributed by atoms with Crippen molar-refractivity contribution >= 4 is 22.5 Å². The van der Waals surface area contributed by atoms with Crippen molar-refractivity contribution in [1.29, 1.82) is 0 Å². The molecule has 4 rings (SSSR count). The number of hydrogen-bond acceptors (Lipinski definition) is 4. The van der Waals surface area contributed by atoms with Crippen molar-refractivity contribution in [1.82, 2.24) is 9.97 Å². The van der Waals surface area contributed by atoms with Crippen molar-refractivity contribution in [2.45, 2.75) is 6.92 Å².